The molecule has 0 aliphatic rings. The number of ether oxygens (including phenoxy) is 2. The maximum absolute atomic E-state index is 12.9. The predicted octanol–water partition coefficient (Wildman–Crippen LogP) is 3.61. The van der Waals surface area contributed by atoms with E-state index in [0.717, 1.165) is 5.56 Å². The lowest BCUT2D eigenvalue weighted by Gasteiger charge is -2.21. The van der Waals surface area contributed by atoms with Gasteiger partial charge >= 0.3 is 5.97 Å². The number of pyridine rings is 1. The summed E-state index contributed by atoms with van der Waals surface area (Å²) in [7, 11) is 3.01. The van der Waals surface area contributed by atoms with E-state index in [1.54, 1.807) is 43.4 Å². The molecule has 0 spiro atoms. The second kappa shape index (κ2) is 9.09. The molecule has 0 radical (unpaired) electrons. The van der Waals surface area contributed by atoms with E-state index in [-0.39, 0.29) is 12.5 Å². The molecule has 3 aromatic rings. The number of aromatic nitrogens is 1. The first-order valence-electron chi connectivity index (χ1n) is 9.29. The number of rotatable bonds is 6. The average molecular weight is 405 g/mol. The summed E-state index contributed by atoms with van der Waals surface area (Å²) < 4.78 is 10.6. The molecule has 1 amide bonds. The molecule has 2 aromatic carbocycles. The molecule has 0 aliphatic carbocycles. The molecule has 7 nitrogen and oxygen atoms in total. The van der Waals surface area contributed by atoms with Gasteiger partial charge in [0.2, 0.25) is 0 Å². The van der Waals surface area contributed by atoms with Crippen LogP contribution in [0.2, 0.25) is 0 Å². The van der Waals surface area contributed by atoms with E-state index in [4.69, 9.17) is 10.5 Å². The molecule has 30 heavy (non-hydrogen) atoms. The quantitative estimate of drug-likeness (QED) is 0.497. The van der Waals surface area contributed by atoms with Gasteiger partial charge in [0, 0.05) is 24.5 Å². The van der Waals surface area contributed by atoms with Crippen LogP contribution < -0.4 is 15.4 Å². The summed E-state index contributed by atoms with van der Waals surface area (Å²) in [4.78, 5) is 30.2. The van der Waals surface area contributed by atoms with Crippen molar-refractivity contribution < 1.29 is 19.1 Å². The minimum Gasteiger partial charge on any atom is -0.485 e. The molecule has 0 atom stereocenters. The molecule has 1 aromatic heterocycles. The van der Waals surface area contributed by atoms with Crippen LogP contribution in [0.3, 0.4) is 0 Å². The zero-order chi connectivity index (χ0) is 21.7. The van der Waals surface area contributed by atoms with Gasteiger partial charge in [-0.2, -0.15) is 0 Å². The van der Waals surface area contributed by atoms with E-state index < -0.39 is 5.97 Å². The van der Waals surface area contributed by atoms with Crippen LogP contribution >= 0.6 is 0 Å². The lowest BCUT2D eigenvalue weighted by Crippen LogP contribution is -2.26. The molecular weight excluding hydrogens is 382 g/mol. The molecule has 0 bridgehead atoms. The normalized spacial score (nSPS) is 10.4. The Morgan fingerprint density at radius 1 is 1.03 bits per heavy atom. The van der Waals surface area contributed by atoms with Gasteiger partial charge < -0.3 is 20.1 Å². The highest BCUT2D eigenvalue weighted by molar-refractivity contribution is 6.06. The Bertz CT molecular complexity index is 1050. The van der Waals surface area contributed by atoms with Crippen molar-refractivity contribution in [2.75, 3.05) is 24.8 Å². The summed E-state index contributed by atoms with van der Waals surface area (Å²) in [5.74, 6) is -0.0665. The van der Waals surface area contributed by atoms with Crippen molar-refractivity contribution in [2.45, 2.75) is 13.5 Å². The molecule has 0 saturated carbocycles. The zero-order valence-corrected chi connectivity index (χ0v) is 17.1. The lowest BCUT2D eigenvalue weighted by molar-refractivity contribution is 0.0600. The molecule has 0 fully saturated rings. The minimum atomic E-state index is -0.446. The van der Waals surface area contributed by atoms with Crippen LogP contribution in [0, 0.1) is 6.92 Å². The highest BCUT2D eigenvalue weighted by atomic mass is 16.5. The van der Waals surface area contributed by atoms with Crippen LogP contribution in [0.5, 0.6) is 5.75 Å². The van der Waals surface area contributed by atoms with Gasteiger partial charge in [0.05, 0.1) is 24.1 Å². The van der Waals surface area contributed by atoms with Crippen molar-refractivity contribution in [3.8, 4) is 5.75 Å². The molecule has 0 unspecified atom stereocenters. The second-order valence-corrected chi connectivity index (χ2v) is 6.78. The Hall–Kier alpha value is -3.87. The standard InChI is InChI=1S/C23H23N3O4/c1-15-4-11-20(26(2)22(27)16-5-8-18(24)9-6-16)21(12-15)30-14-19-10-7-17(13-25-19)23(28)29-3/h4-13H,14,24H2,1-3H3. The summed E-state index contributed by atoms with van der Waals surface area (Å²) in [6.45, 7) is 2.13. The first-order chi connectivity index (χ1) is 14.4. The summed E-state index contributed by atoms with van der Waals surface area (Å²) >= 11 is 0. The first kappa shape index (κ1) is 20.9. The third-order valence-electron chi connectivity index (χ3n) is 4.56. The van der Waals surface area contributed by atoms with Crippen LogP contribution in [0.25, 0.3) is 0 Å². The van der Waals surface area contributed by atoms with E-state index in [1.807, 2.05) is 25.1 Å². The molecule has 3 rings (SSSR count). The topological polar surface area (TPSA) is 94.8 Å². The van der Waals surface area contributed by atoms with Crippen molar-refractivity contribution >= 4 is 23.3 Å². The SMILES string of the molecule is COC(=O)c1ccc(COc2cc(C)ccc2N(C)C(=O)c2ccc(N)cc2)nc1. The van der Waals surface area contributed by atoms with E-state index in [0.29, 0.717) is 33.9 Å². The number of nitrogen functional groups attached to an aromatic ring is 1. The number of hydrogen-bond acceptors (Lipinski definition) is 6. The van der Waals surface area contributed by atoms with Crippen LogP contribution in [0.4, 0.5) is 11.4 Å². The van der Waals surface area contributed by atoms with Crippen LogP contribution in [-0.2, 0) is 11.3 Å². The number of methoxy groups -OCH3 is 1. The molecule has 2 N–H and O–H groups in total. The van der Waals surface area contributed by atoms with Crippen molar-refractivity contribution in [2.24, 2.45) is 0 Å². The van der Waals surface area contributed by atoms with Gasteiger partial charge in [0.1, 0.15) is 12.4 Å². The number of hydrogen-bond donors (Lipinski definition) is 1. The molecular formula is C23H23N3O4. The van der Waals surface area contributed by atoms with Crippen LogP contribution in [0.15, 0.2) is 60.8 Å². The van der Waals surface area contributed by atoms with Crippen molar-refractivity contribution in [3.63, 3.8) is 0 Å². The third kappa shape index (κ3) is 4.75. The van der Waals surface area contributed by atoms with Gasteiger partial charge in [-0.25, -0.2) is 4.79 Å². The summed E-state index contributed by atoms with van der Waals surface area (Å²) in [6, 6.07) is 15.7. The number of amides is 1. The number of aryl methyl sites for hydroxylation is 1. The molecule has 1 heterocycles. The fourth-order valence-corrected chi connectivity index (χ4v) is 2.84. The zero-order valence-electron chi connectivity index (χ0n) is 17.1. The smallest absolute Gasteiger partial charge is 0.339 e. The van der Waals surface area contributed by atoms with Crippen LogP contribution in [-0.4, -0.2) is 31.0 Å². The predicted molar refractivity (Wildman–Crippen MR) is 115 cm³/mol. The highest BCUT2D eigenvalue weighted by Crippen LogP contribution is 2.30. The molecule has 154 valence electrons. The highest BCUT2D eigenvalue weighted by Gasteiger charge is 2.18. The first-order valence-corrected chi connectivity index (χ1v) is 9.29. The number of nitrogens with zero attached hydrogens (tertiary/aromatic N) is 2. The largest absolute Gasteiger partial charge is 0.485 e. The van der Waals surface area contributed by atoms with Crippen LogP contribution in [0.1, 0.15) is 32.0 Å². The Morgan fingerprint density at radius 2 is 1.73 bits per heavy atom. The molecule has 0 saturated heterocycles. The average Bonchev–Trinajstić information content (AvgIpc) is 2.77. The number of esters is 1. The van der Waals surface area contributed by atoms with Gasteiger partial charge in [-0.3, -0.25) is 9.78 Å². The Kier molecular flexibility index (Phi) is 6.32. The van der Waals surface area contributed by atoms with Crippen molar-refractivity contribution in [1.29, 1.82) is 0 Å². The van der Waals surface area contributed by atoms with Gasteiger partial charge in [0.15, 0.2) is 0 Å². The van der Waals surface area contributed by atoms with E-state index in [9.17, 15) is 9.59 Å². The van der Waals surface area contributed by atoms with Gasteiger partial charge in [-0.15, -0.1) is 0 Å². The maximum Gasteiger partial charge on any atom is 0.339 e. The number of benzene rings is 2. The van der Waals surface area contributed by atoms with Crippen molar-refractivity contribution in [1.82, 2.24) is 4.98 Å². The monoisotopic (exact) mass is 405 g/mol. The summed E-state index contributed by atoms with van der Waals surface area (Å²) in [5, 5.41) is 0. The van der Waals surface area contributed by atoms with E-state index in [1.165, 1.54) is 18.2 Å². The van der Waals surface area contributed by atoms with Gasteiger partial charge in [-0.05, 0) is 61.0 Å². The van der Waals surface area contributed by atoms with E-state index >= 15 is 0 Å². The number of nitrogens with two attached hydrogens (primary N) is 1. The van der Waals surface area contributed by atoms with Gasteiger partial charge in [0.25, 0.3) is 5.91 Å². The summed E-state index contributed by atoms with van der Waals surface area (Å²) in [6.07, 6.45) is 1.44. The maximum atomic E-state index is 12.9. The second-order valence-electron chi connectivity index (χ2n) is 6.78. The minimum absolute atomic E-state index is 0.177. The fourth-order valence-electron chi connectivity index (χ4n) is 2.84. The van der Waals surface area contributed by atoms with Crippen molar-refractivity contribution in [3.05, 3.63) is 83.2 Å². The molecule has 7 heteroatoms. The number of carbonyl (C=O) groups is 2. The summed E-state index contributed by atoms with van der Waals surface area (Å²) in [5.41, 5.74) is 9.47. The number of anilines is 2. The Labute approximate surface area is 175 Å². The Morgan fingerprint density at radius 3 is 2.37 bits per heavy atom. The fraction of sp³-hybridized carbons (Fsp3) is 0.174. The Balaban J connectivity index is 1.78. The van der Waals surface area contributed by atoms with E-state index in [2.05, 4.69) is 9.72 Å². The third-order valence-corrected chi connectivity index (χ3v) is 4.56. The molecule has 0 aliphatic heterocycles. The lowest BCUT2D eigenvalue weighted by atomic mass is 10.1. The number of carbonyl (C=O) groups excluding carboxylic acids is 2. The van der Waals surface area contributed by atoms with Gasteiger partial charge in [-0.1, -0.05) is 6.07 Å².